The molecule has 0 aromatic carbocycles. The van der Waals surface area contributed by atoms with Crippen LogP contribution in [0.5, 0.6) is 0 Å². The van der Waals surface area contributed by atoms with E-state index in [1.807, 2.05) is 6.92 Å². The number of carbonyl (C=O) groups excluding carboxylic acids is 1. The zero-order valence-corrected chi connectivity index (χ0v) is 7.45. The van der Waals surface area contributed by atoms with E-state index in [0.717, 1.165) is 10.00 Å². The standard InChI is InChI=1S/C7H9N3OS/c1-5-2-3-6(4-9-5)10(12)7(8)11/h2-4,12H,1H3,(H2,8,11). The van der Waals surface area contributed by atoms with Crippen LogP contribution in [0.4, 0.5) is 10.5 Å². The Labute approximate surface area is 75.9 Å². The summed E-state index contributed by atoms with van der Waals surface area (Å²) < 4.78 is 1.03. The molecule has 0 aliphatic rings. The van der Waals surface area contributed by atoms with Gasteiger partial charge in [-0.3, -0.25) is 4.98 Å². The number of urea groups is 1. The molecule has 5 heteroatoms. The fourth-order valence-electron chi connectivity index (χ4n) is 0.713. The van der Waals surface area contributed by atoms with Crippen molar-refractivity contribution >= 4 is 24.5 Å². The van der Waals surface area contributed by atoms with Gasteiger partial charge in [-0.2, -0.15) is 0 Å². The molecule has 0 bridgehead atoms. The molecular weight excluding hydrogens is 174 g/mol. The quantitative estimate of drug-likeness (QED) is 0.641. The van der Waals surface area contributed by atoms with Gasteiger partial charge in [0.2, 0.25) is 0 Å². The van der Waals surface area contributed by atoms with E-state index in [2.05, 4.69) is 17.8 Å². The molecule has 1 rings (SSSR count). The molecule has 0 saturated heterocycles. The molecular formula is C7H9N3OS. The number of amides is 2. The van der Waals surface area contributed by atoms with E-state index < -0.39 is 6.03 Å². The summed E-state index contributed by atoms with van der Waals surface area (Å²) in [6.45, 7) is 1.86. The van der Waals surface area contributed by atoms with E-state index in [1.165, 1.54) is 6.20 Å². The molecule has 0 unspecified atom stereocenters. The maximum Gasteiger partial charge on any atom is 0.329 e. The summed E-state index contributed by atoms with van der Waals surface area (Å²) in [6, 6.07) is 2.88. The van der Waals surface area contributed by atoms with Crippen molar-refractivity contribution in [2.24, 2.45) is 5.73 Å². The molecule has 0 atom stereocenters. The monoisotopic (exact) mass is 183 g/mol. The van der Waals surface area contributed by atoms with E-state index in [4.69, 9.17) is 5.73 Å². The smallest absolute Gasteiger partial charge is 0.329 e. The van der Waals surface area contributed by atoms with Crippen LogP contribution in [-0.2, 0) is 0 Å². The second kappa shape index (κ2) is 3.44. The van der Waals surface area contributed by atoms with Gasteiger partial charge in [-0.15, -0.1) is 0 Å². The van der Waals surface area contributed by atoms with Crippen molar-refractivity contribution < 1.29 is 4.79 Å². The number of thiol groups is 1. The SMILES string of the molecule is Cc1ccc(N(S)C(N)=O)cn1. The highest BCUT2D eigenvalue weighted by Crippen LogP contribution is 2.13. The van der Waals surface area contributed by atoms with E-state index >= 15 is 0 Å². The molecule has 0 spiro atoms. The number of aromatic nitrogens is 1. The largest absolute Gasteiger partial charge is 0.350 e. The predicted octanol–water partition coefficient (Wildman–Crippen LogP) is 1.12. The molecule has 0 radical (unpaired) electrons. The third-order valence-corrected chi connectivity index (χ3v) is 1.78. The first-order valence-electron chi connectivity index (χ1n) is 3.32. The Hall–Kier alpha value is -1.23. The summed E-state index contributed by atoms with van der Waals surface area (Å²) in [4.78, 5) is 14.6. The molecule has 2 N–H and O–H groups in total. The van der Waals surface area contributed by atoms with Crippen LogP contribution in [0.2, 0.25) is 0 Å². The zero-order chi connectivity index (χ0) is 9.14. The van der Waals surface area contributed by atoms with Crippen LogP contribution in [0.25, 0.3) is 0 Å². The summed E-state index contributed by atoms with van der Waals surface area (Å²) in [5, 5.41) is 0. The third-order valence-electron chi connectivity index (χ3n) is 1.35. The first kappa shape index (κ1) is 8.86. The van der Waals surface area contributed by atoms with Crippen LogP contribution in [0.3, 0.4) is 0 Å². The van der Waals surface area contributed by atoms with Gasteiger partial charge in [-0.1, -0.05) is 12.8 Å². The fourth-order valence-corrected chi connectivity index (χ4v) is 0.831. The lowest BCUT2D eigenvalue weighted by molar-refractivity contribution is 0.257. The van der Waals surface area contributed by atoms with Gasteiger partial charge in [-0.05, 0) is 19.1 Å². The number of nitrogens with zero attached hydrogens (tertiary/aromatic N) is 2. The van der Waals surface area contributed by atoms with Gasteiger partial charge in [0, 0.05) is 5.69 Å². The molecule has 64 valence electrons. The first-order chi connectivity index (χ1) is 5.61. The lowest BCUT2D eigenvalue weighted by atomic mass is 10.3. The summed E-state index contributed by atoms with van der Waals surface area (Å²) in [7, 11) is 0. The van der Waals surface area contributed by atoms with Gasteiger partial charge in [0.15, 0.2) is 0 Å². The molecule has 0 fully saturated rings. The van der Waals surface area contributed by atoms with E-state index in [-0.39, 0.29) is 0 Å². The third kappa shape index (κ3) is 1.88. The van der Waals surface area contributed by atoms with E-state index in [9.17, 15) is 4.79 Å². The van der Waals surface area contributed by atoms with E-state index in [0.29, 0.717) is 5.69 Å². The van der Waals surface area contributed by atoms with Crippen LogP contribution >= 0.6 is 12.8 Å². The van der Waals surface area contributed by atoms with Crippen molar-refractivity contribution in [1.29, 1.82) is 0 Å². The fraction of sp³-hybridized carbons (Fsp3) is 0.143. The number of rotatable bonds is 1. The molecule has 0 saturated carbocycles. The number of carbonyl (C=O) groups is 1. The number of hydrogen-bond acceptors (Lipinski definition) is 3. The lowest BCUT2D eigenvalue weighted by Crippen LogP contribution is -2.27. The van der Waals surface area contributed by atoms with Crippen LogP contribution in [0.1, 0.15) is 5.69 Å². The molecule has 1 aromatic rings. The molecule has 4 nitrogen and oxygen atoms in total. The predicted molar refractivity (Wildman–Crippen MR) is 50.0 cm³/mol. The van der Waals surface area contributed by atoms with Gasteiger partial charge in [0.1, 0.15) is 0 Å². The van der Waals surface area contributed by atoms with Crippen molar-refractivity contribution in [3.05, 3.63) is 24.0 Å². The van der Waals surface area contributed by atoms with Gasteiger partial charge in [0.25, 0.3) is 0 Å². The maximum absolute atomic E-state index is 10.6. The van der Waals surface area contributed by atoms with Crippen molar-refractivity contribution in [3.63, 3.8) is 0 Å². The van der Waals surface area contributed by atoms with Gasteiger partial charge in [-0.25, -0.2) is 9.10 Å². The number of anilines is 1. The zero-order valence-electron chi connectivity index (χ0n) is 6.56. The van der Waals surface area contributed by atoms with Gasteiger partial charge < -0.3 is 5.73 Å². The number of aryl methyl sites for hydroxylation is 1. The number of nitrogens with two attached hydrogens (primary N) is 1. The summed E-state index contributed by atoms with van der Waals surface area (Å²) in [5.74, 6) is 0. The minimum atomic E-state index is -0.621. The molecule has 0 aliphatic carbocycles. The molecule has 1 heterocycles. The van der Waals surface area contributed by atoms with Crippen molar-refractivity contribution in [2.75, 3.05) is 4.31 Å². The van der Waals surface area contributed by atoms with Crippen molar-refractivity contribution in [1.82, 2.24) is 4.98 Å². The summed E-state index contributed by atoms with van der Waals surface area (Å²) in [5.41, 5.74) is 6.43. The number of primary amides is 1. The molecule has 1 aromatic heterocycles. The second-order valence-electron chi connectivity index (χ2n) is 2.31. The second-order valence-corrected chi connectivity index (χ2v) is 2.71. The summed E-state index contributed by atoms with van der Waals surface area (Å²) >= 11 is 3.87. The topological polar surface area (TPSA) is 59.2 Å². The van der Waals surface area contributed by atoms with Crippen LogP contribution in [-0.4, -0.2) is 11.0 Å². The van der Waals surface area contributed by atoms with Crippen LogP contribution in [0.15, 0.2) is 18.3 Å². The average molecular weight is 183 g/mol. The lowest BCUT2D eigenvalue weighted by Gasteiger charge is -2.11. The Balaban J connectivity index is 2.89. The Morgan fingerprint density at radius 1 is 1.67 bits per heavy atom. The molecule has 2 amide bonds. The minimum absolute atomic E-state index is 0.566. The Bertz CT molecular complexity index is 285. The highest BCUT2D eigenvalue weighted by Gasteiger charge is 2.06. The van der Waals surface area contributed by atoms with Crippen LogP contribution in [0, 0.1) is 6.92 Å². The molecule has 12 heavy (non-hydrogen) atoms. The highest BCUT2D eigenvalue weighted by molar-refractivity contribution is 7.82. The minimum Gasteiger partial charge on any atom is -0.350 e. The first-order valence-corrected chi connectivity index (χ1v) is 3.72. The Morgan fingerprint density at radius 2 is 2.33 bits per heavy atom. The number of hydrogen-bond donors (Lipinski definition) is 2. The van der Waals surface area contributed by atoms with Crippen LogP contribution < -0.4 is 10.0 Å². The van der Waals surface area contributed by atoms with Gasteiger partial charge in [0.05, 0.1) is 11.9 Å². The number of pyridine rings is 1. The Kier molecular flexibility index (Phi) is 2.54. The van der Waals surface area contributed by atoms with Crippen molar-refractivity contribution in [3.8, 4) is 0 Å². The highest BCUT2D eigenvalue weighted by atomic mass is 32.1. The summed E-state index contributed by atoms with van der Waals surface area (Å²) in [6.07, 6.45) is 1.53. The van der Waals surface area contributed by atoms with E-state index in [1.54, 1.807) is 12.1 Å². The molecule has 0 aliphatic heterocycles. The normalized spacial score (nSPS) is 9.50. The van der Waals surface area contributed by atoms with Gasteiger partial charge >= 0.3 is 6.03 Å². The average Bonchev–Trinajstić information content (AvgIpc) is 2.04. The Morgan fingerprint density at radius 3 is 2.75 bits per heavy atom. The van der Waals surface area contributed by atoms with Crippen molar-refractivity contribution in [2.45, 2.75) is 6.92 Å². The maximum atomic E-state index is 10.6.